The highest BCUT2D eigenvalue weighted by Crippen LogP contribution is 2.28. The van der Waals surface area contributed by atoms with E-state index in [1.165, 1.54) is 48.1 Å². The van der Waals surface area contributed by atoms with Crippen molar-refractivity contribution >= 4 is 21.6 Å². The van der Waals surface area contributed by atoms with Gasteiger partial charge < -0.3 is 10.2 Å². The van der Waals surface area contributed by atoms with Crippen LogP contribution in [-0.4, -0.2) is 19.6 Å². The molecule has 3 heteroatoms. The van der Waals surface area contributed by atoms with Gasteiger partial charge in [0.25, 0.3) is 0 Å². The van der Waals surface area contributed by atoms with Crippen LogP contribution < -0.4 is 10.2 Å². The van der Waals surface area contributed by atoms with Crippen LogP contribution in [0.3, 0.4) is 0 Å². The van der Waals surface area contributed by atoms with Crippen molar-refractivity contribution in [1.29, 1.82) is 0 Å². The van der Waals surface area contributed by atoms with Gasteiger partial charge >= 0.3 is 0 Å². The molecule has 2 rings (SSSR count). The van der Waals surface area contributed by atoms with E-state index in [9.17, 15) is 0 Å². The Morgan fingerprint density at radius 1 is 1.32 bits per heavy atom. The summed E-state index contributed by atoms with van der Waals surface area (Å²) in [4.78, 5) is 2.57. The van der Waals surface area contributed by atoms with Crippen LogP contribution in [0, 0.1) is 5.92 Å². The van der Waals surface area contributed by atoms with E-state index in [-0.39, 0.29) is 0 Å². The van der Waals surface area contributed by atoms with Gasteiger partial charge in [0.05, 0.1) is 0 Å². The fourth-order valence-corrected chi connectivity index (χ4v) is 3.18. The van der Waals surface area contributed by atoms with E-state index in [1.807, 2.05) is 0 Å². The topological polar surface area (TPSA) is 15.3 Å². The summed E-state index contributed by atoms with van der Waals surface area (Å²) in [6, 6.07) is 6.69. The summed E-state index contributed by atoms with van der Waals surface area (Å²) < 4.78 is 1.17. The van der Waals surface area contributed by atoms with Crippen molar-refractivity contribution in [2.24, 2.45) is 5.92 Å². The first-order valence-electron chi connectivity index (χ1n) is 7.44. The first-order valence-corrected chi connectivity index (χ1v) is 8.24. The van der Waals surface area contributed by atoms with Gasteiger partial charge in [-0.3, -0.25) is 0 Å². The lowest BCUT2D eigenvalue weighted by Gasteiger charge is -2.26. The highest BCUT2D eigenvalue weighted by molar-refractivity contribution is 9.10. The molecule has 1 unspecified atom stereocenters. The van der Waals surface area contributed by atoms with E-state index in [2.05, 4.69) is 58.2 Å². The van der Waals surface area contributed by atoms with Crippen LogP contribution in [0.4, 0.5) is 5.69 Å². The van der Waals surface area contributed by atoms with Gasteiger partial charge in [-0.2, -0.15) is 0 Å². The minimum atomic E-state index is 0.873. The largest absolute Gasteiger partial charge is 0.371 e. The van der Waals surface area contributed by atoms with Gasteiger partial charge in [0.2, 0.25) is 0 Å². The summed E-state index contributed by atoms with van der Waals surface area (Å²) in [6.07, 6.45) is 4.00. The first-order chi connectivity index (χ1) is 9.20. The number of hydrogen-bond donors (Lipinski definition) is 1. The molecule has 2 nitrogen and oxygen atoms in total. The maximum Gasteiger partial charge on any atom is 0.0412 e. The van der Waals surface area contributed by atoms with E-state index in [1.54, 1.807) is 0 Å². The van der Waals surface area contributed by atoms with E-state index in [0.717, 1.165) is 19.0 Å². The van der Waals surface area contributed by atoms with Crippen molar-refractivity contribution in [3.63, 3.8) is 0 Å². The molecule has 0 spiro atoms. The molecule has 1 aromatic carbocycles. The SMILES string of the molecule is CCNCc1cc(Br)ccc1N1CCCC(C)CC1. The standard InChI is InChI=1S/C16H25BrN2/c1-3-18-12-14-11-15(17)6-7-16(14)19-9-4-5-13(2)8-10-19/h6-7,11,13,18H,3-5,8-10,12H2,1-2H3. The van der Waals surface area contributed by atoms with Crippen LogP contribution >= 0.6 is 15.9 Å². The predicted molar refractivity (Wildman–Crippen MR) is 86.8 cm³/mol. The Kier molecular flexibility index (Phi) is 5.71. The van der Waals surface area contributed by atoms with Gasteiger partial charge in [0.15, 0.2) is 0 Å². The lowest BCUT2D eigenvalue weighted by Crippen LogP contribution is -2.26. The van der Waals surface area contributed by atoms with Crippen LogP contribution in [-0.2, 0) is 6.54 Å². The fourth-order valence-electron chi connectivity index (χ4n) is 2.77. The zero-order valence-electron chi connectivity index (χ0n) is 12.1. The first kappa shape index (κ1) is 14.9. The lowest BCUT2D eigenvalue weighted by molar-refractivity contribution is 0.521. The van der Waals surface area contributed by atoms with E-state index < -0.39 is 0 Å². The highest BCUT2D eigenvalue weighted by Gasteiger charge is 2.16. The summed E-state index contributed by atoms with van der Waals surface area (Å²) in [5.41, 5.74) is 2.82. The fraction of sp³-hybridized carbons (Fsp3) is 0.625. The number of rotatable bonds is 4. The van der Waals surface area contributed by atoms with E-state index in [4.69, 9.17) is 0 Å². The molecule has 1 atom stereocenters. The minimum Gasteiger partial charge on any atom is -0.371 e. The number of anilines is 1. The lowest BCUT2D eigenvalue weighted by atomic mass is 10.0. The van der Waals surface area contributed by atoms with Crippen LogP contribution in [0.15, 0.2) is 22.7 Å². The molecule has 0 amide bonds. The molecular formula is C16H25BrN2. The Labute approximate surface area is 125 Å². The van der Waals surface area contributed by atoms with Crippen molar-refractivity contribution in [2.45, 2.75) is 39.7 Å². The summed E-state index contributed by atoms with van der Waals surface area (Å²) in [6.45, 7) is 8.91. The van der Waals surface area contributed by atoms with Crippen LogP contribution in [0.2, 0.25) is 0 Å². The second-order valence-electron chi connectivity index (χ2n) is 5.58. The van der Waals surface area contributed by atoms with Crippen molar-refractivity contribution < 1.29 is 0 Å². The number of nitrogens with zero attached hydrogens (tertiary/aromatic N) is 1. The summed E-state index contributed by atoms with van der Waals surface area (Å²) >= 11 is 3.59. The molecule has 1 aromatic rings. The summed E-state index contributed by atoms with van der Waals surface area (Å²) in [7, 11) is 0. The van der Waals surface area contributed by atoms with Crippen LogP contribution in [0.5, 0.6) is 0 Å². The van der Waals surface area contributed by atoms with Gasteiger partial charge in [-0.25, -0.2) is 0 Å². The molecular weight excluding hydrogens is 300 g/mol. The average molecular weight is 325 g/mol. The molecule has 0 saturated carbocycles. The molecule has 1 heterocycles. The molecule has 0 aromatic heterocycles. The average Bonchev–Trinajstić information content (AvgIpc) is 2.61. The van der Waals surface area contributed by atoms with Crippen LogP contribution in [0.25, 0.3) is 0 Å². The molecule has 1 N–H and O–H groups in total. The predicted octanol–water partition coefficient (Wildman–Crippen LogP) is 4.19. The van der Waals surface area contributed by atoms with Gasteiger partial charge in [0, 0.05) is 29.8 Å². The third-order valence-electron chi connectivity index (χ3n) is 3.96. The Hall–Kier alpha value is -0.540. The highest BCUT2D eigenvalue weighted by atomic mass is 79.9. The molecule has 1 saturated heterocycles. The number of halogens is 1. The molecule has 106 valence electrons. The van der Waals surface area contributed by atoms with Crippen molar-refractivity contribution in [2.75, 3.05) is 24.5 Å². The Morgan fingerprint density at radius 3 is 2.95 bits per heavy atom. The normalized spacial score (nSPS) is 20.4. The zero-order valence-corrected chi connectivity index (χ0v) is 13.7. The smallest absolute Gasteiger partial charge is 0.0412 e. The monoisotopic (exact) mass is 324 g/mol. The molecule has 1 fully saturated rings. The number of nitrogens with one attached hydrogen (secondary N) is 1. The van der Waals surface area contributed by atoms with Crippen molar-refractivity contribution in [3.8, 4) is 0 Å². The Balaban J connectivity index is 2.17. The molecule has 0 bridgehead atoms. The second-order valence-corrected chi connectivity index (χ2v) is 6.49. The Morgan fingerprint density at radius 2 is 2.16 bits per heavy atom. The second kappa shape index (κ2) is 7.30. The zero-order chi connectivity index (χ0) is 13.7. The molecule has 19 heavy (non-hydrogen) atoms. The Bertz CT molecular complexity index is 406. The van der Waals surface area contributed by atoms with Crippen molar-refractivity contribution in [3.05, 3.63) is 28.2 Å². The third-order valence-corrected chi connectivity index (χ3v) is 4.46. The van der Waals surface area contributed by atoms with Gasteiger partial charge in [-0.15, -0.1) is 0 Å². The van der Waals surface area contributed by atoms with Gasteiger partial charge in [-0.1, -0.05) is 29.8 Å². The number of benzene rings is 1. The van der Waals surface area contributed by atoms with Crippen molar-refractivity contribution in [1.82, 2.24) is 5.32 Å². The summed E-state index contributed by atoms with van der Waals surface area (Å²) in [5, 5.41) is 3.45. The molecule has 1 aliphatic heterocycles. The third kappa shape index (κ3) is 4.22. The summed E-state index contributed by atoms with van der Waals surface area (Å²) in [5.74, 6) is 0.873. The maximum atomic E-state index is 3.59. The number of hydrogen-bond acceptors (Lipinski definition) is 2. The van der Waals surface area contributed by atoms with Crippen LogP contribution in [0.1, 0.15) is 38.7 Å². The minimum absolute atomic E-state index is 0.873. The molecule has 1 aliphatic rings. The van der Waals surface area contributed by atoms with E-state index in [0.29, 0.717) is 0 Å². The maximum absolute atomic E-state index is 3.59. The quantitative estimate of drug-likeness (QED) is 0.893. The van der Waals surface area contributed by atoms with Gasteiger partial charge in [0.1, 0.15) is 0 Å². The molecule has 0 aliphatic carbocycles. The molecule has 0 radical (unpaired) electrons. The van der Waals surface area contributed by atoms with E-state index >= 15 is 0 Å². The van der Waals surface area contributed by atoms with Gasteiger partial charge in [-0.05, 0) is 55.5 Å².